The Bertz CT molecular complexity index is 1500. The van der Waals surface area contributed by atoms with Crippen LogP contribution in [-0.4, -0.2) is 40.9 Å². The van der Waals surface area contributed by atoms with Gasteiger partial charge in [-0.15, -0.1) is 0 Å². The van der Waals surface area contributed by atoms with E-state index in [0.717, 1.165) is 10.5 Å². The SMILES string of the molecule is CC1=C(C#N)C(=O)N(CCCO)C(=O)/C1=C/c1ccc(-c2ccc(Cl)c(C(=O)OCc3ccccc3)c2)o1. The zero-order valence-electron chi connectivity index (χ0n) is 20.4. The Morgan fingerprint density at radius 2 is 1.89 bits per heavy atom. The second kappa shape index (κ2) is 11.7. The minimum atomic E-state index is -0.687. The molecule has 0 atom stereocenters. The van der Waals surface area contributed by atoms with E-state index in [0.29, 0.717) is 17.1 Å². The van der Waals surface area contributed by atoms with Gasteiger partial charge in [-0.3, -0.25) is 14.5 Å². The third-order valence-electron chi connectivity index (χ3n) is 5.96. The lowest BCUT2D eigenvalue weighted by atomic mass is 9.94. The van der Waals surface area contributed by atoms with Crippen LogP contribution in [-0.2, 0) is 20.9 Å². The monoisotopic (exact) mass is 530 g/mol. The van der Waals surface area contributed by atoms with Crippen molar-refractivity contribution in [3.8, 4) is 17.4 Å². The number of hydrogen-bond acceptors (Lipinski definition) is 7. The van der Waals surface area contributed by atoms with E-state index in [2.05, 4.69) is 0 Å². The zero-order chi connectivity index (χ0) is 27.2. The van der Waals surface area contributed by atoms with E-state index in [4.69, 9.17) is 25.9 Å². The van der Waals surface area contributed by atoms with E-state index >= 15 is 0 Å². The van der Waals surface area contributed by atoms with Gasteiger partial charge in [-0.2, -0.15) is 5.26 Å². The van der Waals surface area contributed by atoms with Crippen LogP contribution >= 0.6 is 11.6 Å². The number of nitriles is 1. The van der Waals surface area contributed by atoms with E-state index < -0.39 is 17.8 Å². The molecule has 0 spiro atoms. The molecule has 3 aromatic rings. The summed E-state index contributed by atoms with van der Waals surface area (Å²) in [4.78, 5) is 39.2. The number of ether oxygens (including phenoxy) is 1. The lowest BCUT2D eigenvalue weighted by Crippen LogP contribution is -2.43. The Morgan fingerprint density at radius 1 is 1.13 bits per heavy atom. The number of rotatable bonds is 8. The van der Waals surface area contributed by atoms with E-state index in [-0.39, 0.29) is 53.5 Å². The van der Waals surface area contributed by atoms with Crippen LogP contribution in [0.25, 0.3) is 17.4 Å². The summed E-state index contributed by atoms with van der Waals surface area (Å²) in [6.07, 6.45) is 1.65. The Hall–Kier alpha value is -4.45. The predicted molar refractivity (Wildman–Crippen MR) is 139 cm³/mol. The molecular formula is C29H23ClN2O6. The summed E-state index contributed by atoms with van der Waals surface area (Å²) in [6, 6.07) is 19.2. The Balaban J connectivity index is 1.60. The third kappa shape index (κ3) is 5.59. The van der Waals surface area contributed by atoms with Crippen LogP contribution in [0.4, 0.5) is 0 Å². The molecule has 8 nitrogen and oxygen atoms in total. The number of nitrogens with zero attached hydrogens (tertiary/aromatic N) is 2. The summed E-state index contributed by atoms with van der Waals surface area (Å²) in [7, 11) is 0. The first kappa shape index (κ1) is 26.6. The van der Waals surface area contributed by atoms with Gasteiger partial charge >= 0.3 is 5.97 Å². The molecule has 9 heteroatoms. The second-order valence-electron chi connectivity index (χ2n) is 8.47. The summed E-state index contributed by atoms with van der Waals surface area (Å²) >= 11 is 6.26. The molecule has 192 valence electrons. The number of carbonyl (C=O) groups excluding carboxylic acids is 3. The molecule has 2 heterocycles. The summed E-state index contributed by atoms with van der Waals surface area (Å²) in [5, 5.41) is 18.8. The fraction of sp³-hybridized carbons (Fsp3) is 0.172. The molecule has 0 aliphatic carbocycles. The molecule has 1 aromatic heterocycles. The standard InChI is InChI=1S/C29H23ClN2O6/c1-18-22(27(34)32(12-5-13-33)28(35)24(18)16-31)15-21-9-11-26(38-21)20-8-10-25(30)23(14-20)29(36)37-17-19-6-3-2-4-7-19/h2-4,6-11,14-15,33H,5,12-13,17H2,1H3/b22-15+. The molecular weight excluding hydrogens is 508 g/mol. The van der Waals surface area contributed by atoms with Crippen molar-refractivity contribution in [2.75, 3.05) is 13.2 Å². The number of furan rings is 1. The smallest absolute Gasteiger partial charge is 0.340 e. The van der Waals surface area contributed by atoms with Crippen LogP contribution in [0.3, 0.4) is 0 Å². The van der Waals surface area contributed by atoms with E-state index in [1.54, 1.807) is 30.3 Å². The first-order chi connectivity index (χ1) is 18.3. The predicted octanol–water partition coefficient (Wildman–Crippen LogP) is 4.93. The Morgan fingerprint density at radius 3 is 2.61 bits per heavy atom. The molecule has 1 aliphatic heterocycles. The van der Waals surface area contributed by atoms with Gasteiger partial charge in [0, 0.05) is 24.3 Å². The maximum Gasteiger partial charge on any atom is 0.340 e. The van der Waals surface area contributed by atoms with Crippen LogP contribution in [0.15, 0.2) is 81.8 Å². The van der Waals surface area contributed by atoms with Gasteiger partial charge in [-0.25, -0.2) is 4.79 Å². The molecule has 0 fully saturated rings. The number of aliphatic hydroxyl groups excluding tert-OH is 1. The highest BCUT2D eigenvalue weighted by Crippen LogP contribution is 2.31. The van der Waals surface area contributed by atoms with Crippen molar-refractivity contribution in [3.63, 3.8) is 0 Å². The summed E-state index contributed by atoms with van der Waals surface area (Å²) in [5.41, 5.74) is 1.82. The van der Waals surface area contributed by atoms with Crippen LogP contribution in [0.2, 0.25) is 5.02 Å². The number of hydrogen-bond donors (Lipinski definition) is 1. The quantitative estimate of drug-likeness (QED) is 0.249. The van der Waals surface area contributed by atoms with Gasteiger partial charge in [0.25, 0.3) is 11.8 Å². The number of amides is 2. The average molecular weight is 531 g/mol. The van der Waals surface area contributed by atoms with Gasteiger partial charge in [0.05, 0.1) is 10.6 Å². The van der Waals surface area contributed by atoms with Gasteiger partial charge in [-0.05, 0) is 60.9 Å². The lowest BCUT2D eigenvalue weighted by molar-refractivity contribution is -0.140. The minimum Gasteiger partial charge on any atom is -0.457 e. The number of imide groups is 1. The highest BCUT2D eigenvalue weighted by Gasteiger charge is 2.35. The largest absolute Gasteiger partial charge is 0.457 e. The minimum absolute atomic E-state index is 0.0126. The molecule has 0 saturated heterocycles. The molecule has 2 amide bonds. The lowest BCUT2D eigenvalue weighted by Gasteiger charge is -2.27. The number of halogens is 1. The highest BCUT2D eigenvalue weighted by atomic mass is 35.5. The molecule has 38 heavy (non-hydrogen) atoms. The first-order valence-electron chi connectivity index (χ1n) is 11.7. The number of carbonyl (C=O) groups is 3. The third-order valence-corrected chi connectivity index (χ3v) is 6.29. The van der Waals surface area contributed by atoms with Gasteiger partial charge in [0.2, 0.25) is 0 Å². The van der Waals surface area contributed by atoms with E-state index in [9.17, 15) is 19.6 Å². The van der Waals surface area contributed by atoms with Crippen molar-refractivity contribution in [2.45, 2.75) is 20.0 Å². The van der Waals surface area contributed by atoms with Crippen molar-refractivity contribution in [1.82, 2.24) is 4.90 Å². The molecule has 2 aromatic carbocycles. The van der Waals surface area contributed by atoms with Crippen LogP contribution in [0, 0.1) is 11.3 Å². The molecule has 0 radical (unpaired) electrons. The average Bonchev–Trinajstić information content (AvgIpc) is 3.39. The summed E-state index contributed by atoms with van der Waals surface area (Å²) in [5.74, 6) is -1.13. The maximum atomic E-state index is 13.0. The summed E-state index contributed by atoms with van der Waals surface area (Å²) in [6.45, 7) is 1.41. The molecule has 0 bridgehead atoms. The van der Waals surface area contributed by atoms with Crippen molar-refractivity contribution in [2.24, 2.45) is 0 Å². The van der Waals surface area contributed by atoms with E-state index in [1.165, 1.54) is 13.0 Å². The number of esters is 1. The molecule has 1 aliphatic rings. The van der Waals surface area contributed by atoms with Gasteiger partial charge in [0.1, 0.15) is 29.8 Å². The van der Waals surface area contributed by atoms with Crippen molar-refractivity contribution in [3.05, 3.63) is 99.3 Å². The van der Waals surface area contributed by atoms with Crippen molar-refractivity contribution < 1.29 is 28.6 Å². The maximum absolute atomic E-state index is 13.0. The number of aliphatic hydroxyl groups is 1. The van der Waals surface area contributed by atoms with E-state index in [1.807, 2.05) is 36.4 Å². The number of benzene rings is 2. The first-order valence-corrected chi connectivity index (χ1v) is 12.1. The Labute approximate surface area is 224 Å². The summed E-state index contributed by atoms with van der Waals surface area (Å²) < 4.78 is 11.3. The fourth-order valence-corrected chi connectivity index (χ4v) is 4.12. The zero-order valence-corrected chi connectivity index (χ0v) is 21.2. The van der Waals surface area contributed by atoms with Gasteiger partial charge in [0.15, 0.2) is 0 Å². The molecule has 0 saturated carbocycles. The van der Waals surface area contributed by atoms with Crippen LogP contribution in [0.5, 0.6) is 0 Å². The van der Waals surface area contributed by atoms with Crippen molar-refractivity contribution in [1.29, 1.82) is 5.26 Å². The normalized spacial score (nSPS) is 14.7. The fourth-order valence-electron chi connectivity index (χ4n) is 3.93. The van der Waals surface area contributed by atoms with Crippen LogP contribution < -0.4 is 0 Å². The topological polar surface area (TPSA) is 121 Å². The van der Waals surface area contributed by atoms with Gasteiger partial charge in [-0.1, -0.05) is 41.9 Å². The Kier molecular flexibility index (Phi) is 8.22. The molecule has 1 N–H and O–H groups in total. The molecule has 4 rings (SSSR count). The van der Waals surface area contributed by atoms with Crippen LogP contribution in [0.1, 0.15) is 35.0 Å². The molecule has 0 unspecified atom stereocenters. The second-order valence-corrected chi connectivity index (χ2v) is 8.87. The highest BCUT2D eigenvalue weighted by molar-refractivity contribution is 6.33. The van der Waals surface area contributed by atoms with Crippen molar-refractivity contribution >= 4 is 35.5 Å². The van der Waals surface area contributed by atoms with Gasteiger partial charge < -0.3 is 14.3 Å².